The van der Waals surface area contributed by atoms with Crippen molar-refractivity contribution in [2.75, 3.05) is 11.9 Å². The highest BCUT2D eigenvalue weighted by Gasteiger charge is 2.67. The zero-order valence-electron chi connectivity index (χ0n) is 10.2. The number of hydrogen-bond donors (Lipinski definition) is 1. The van der Waals surface area contributed by atoms with E-state index in [9.17, 15) is 4.79 Å². The molecule has 0 aromatic heterocycles. The summed E-state index contributed by atoms with van der Waals surface area (Å²) in [5.41, 5.74) is -0.183. The van der Waals surface area contributed by atoms with Crippen molar-refractivity contribution in [1.29, 1.82) is 5.26 Å². The van der Waals surface area contributed by atoms with Crippen molar-refractivity contribution in [1.82, 2.24) is 0 Å². The lowest BCUT2D eigenvalue weighted by molar-refractivity contribution is -0.120. The number of benzene rings is 1. The molecule has 0 saturated heterocycles. The Morgan fingerprint density at radius 3 is 2.84 bits per heavy atom. The van der Waals surface area contributed by atoms with Crippen molar-refractivity contribution < 1.29 is 9.53 Å². The molecule has 1 aliphatic rings. The summed E-state index contributed by atoms with van der Waals surface area (Å²) in [5.74, 6) is 0.290. The van der Waals surface area contributed by atoms with Crippen LogP contribution in [0.4, 0.5) is 5.69 Å². The monoisotopic (exact) mass is 298 g/mol. The highest BCUT2D eigenvalue weighted by molar-refractivity contribution is 6.53. The average Bonchev–Trinajstić information content (AvgIpc) is 2.88. The summed E-state index contributed by atoms with van der Waals surface area (Å²) in [4.78, 5) is 12.1. The first kappa shape index (κ1) is 14.0. The smallest absolute Gasteiger partial charge is 0.233 e. The third kappa shape index (κ3) is 2.78. The second kappa shape index (κ2) is 4.92. The number of rotatable bonds is 4. The molecule has 0 spiro atoms. The molecule has 1 fully saturated rings. The first-order chi connectivity index (χ1) is 8.89. The molecule has 2 rings (SSSR count). The van der Waals surface area contributed by atoms with Crippen molar-refractivity contribution in [3.8, 4) is 11.8 Å². The lowest BCUT2D eigenvalue weighted by Crippen LogP contribution is -2.25. The van der Waals surface area contributed by atoms with Crippen LogP contribution in [0, 0.1) is 16.7 Å². The van der Waals surface area contributed by atoms with Gasteiger partial charge in [-0.05, 0) is 25.5 Å². The molecule has 1 N–H and O–H groups in total. The first-order valence-corrected chi connectivity index (χ1v) is 6.44. The van der Waals surface area contributed by atoms with Gasteiger partial charge < -0.3 is 10.1 Å². The summed E-state index contributed by atoms with van der Waals surface area (Å²) in [7, 11) is 0. The van der Waals surface area contributed by atoms with Gasteiger partial charge in [-0.3, -0.25) is 4.79 Å². The van der Waals surface area contributed by atoms with Crippen LogP contribution in [0.15, 0.2) is 24.3 Å². The average molecular weight is 299 g/mol. The van der Waals surface area contributed by atoms with Crippen molar-refractivity contribution in [3.63, 3.8) is 0 Å². The molecule has 0 aliphatic heterocycles. The number of amides is 1. The molecule has 6 heteroatoms. The number of nitriles is 1. The van der Waals surface area contributed by atoms with Crippen LogP contribution in [0.2, 0.25) is 0 Å². The Labute approximate surface area is 121 Å². The summed E-state index contributed by atoms with van der Waals surface area (Å²) in [6.45, 7) is 1.68. The van der Waals surface area contributed by atoms with Gasteiger partial charge in [0.15, 0.2) is 6.61 Å². The molecule has 0 unspecified atom stereocenters. The minimum absolute atomic E-state index is 0.0401. The molecular formula is C13H12Cl2N2O2. The third-order valence-corrected chi connectivity index (χ3v) is 4.26. The van der Waals surface area contributed by atoms with Crippen LogP contribution in [-0.2, 0) is 4.79 Å². The molecule has 1 amide bonds. The van der Waals surface area contributed by atoms with E-state index < -0.39 is 9.75 Å². The Hall–Kier alpha value is -1.44. The van der Waals surface area contributed by atoms with Crippen LogP contribution in [0.25, 0.3) is 0 Å². The van der Waals surface area contributed by atoms with E-state index in [1.165, 1.54) is 0 Å². The molecule has 19 heavy (non-hydrogen) atoms. The highest BCUT2D eigenvalue weighted by Crippen LogP contribution is 2.64. The number of nitrogens with zero attached hydrogens (tertiary/aromatic N) is 1. The van der Waals surface area contributed by atoms with Crippen molar-refractivity contribution >= 4 is 34.8 Å². The Kier molecular flexibility index (Phi) is 3.62. The van der Waals surface area contributed by atoms with Crippen LogP contribution in [0.1, 0.15) is 13.3 Å². The number of halogens is 2. The van der Waals surface area contributed by atoms with Gasteiger partial charge in [-0.1, -0.05) is 6.07 Å². The maximum atomic E-state index is 12.1. The fourth-order valence-electron chi connectivity index (χ4n) is 1.69. The quantitative estimate of drug-likeness (QED) is 0.869. The van der Waals surface area contributed by atoms with Crippen molar-refractivity contribution in [3.05, 3.63) is 24.3 Å². The molecule has 1 aromatic carbocycles. The third-order valence-electron chi connectivity index (χ3n) is 3.15. The summed E-state index contributed by atoms with van der Waals surface area (Å²) in [6.07, 6.45) is 0.430. The maximum Gasteiger partial charge on any atom is 0.233 e. The molecule has 1 aromatic rings. The Bertz CT molecular complexity index is 554. The predicted molar refractivity (Wildman–Crippen MR) is 73.3 cm³/mol. The Morgan fingerprint density at radius 2 is 2.26 bits per heavy atom. The molecule has 4 nitrogen and oxygen atoms in total. The number of alkyl halides is 2. The van der Waals surface area contributed by atoms with E-state index in [0.717, 1.165) is 0 Å². The minimum Gasteiger partial charge on any atom is -0.479 e. The van der Waals surface area contributed by atoms with Gasteiger partial charge in [0, 0.05) is 11.8 Å². The van der Waals surface area contributed by atoms with Crippen LogP contribution in [-0.4, -0.2) is 16.8 Å². The SMILES string of the molecule is C[C@@]1(C(=O)Nc2cccc(OCC#N)c2)CC1(Cl)Cl. The standard InChI is InChI=1S/C13H12Cl2N2O2/c1-12(8-13(12,14)15)11(18)17-9-3-2-4-10(7-9)19-6-5-16/h2-4,7H,6,8H2,1H3,(H,17,18)/t12-/m0/s1. The van der Waals surface area contributed by atoms with Crippen molar-refractivity contribution in [2.24, 2.45) is 5.41 Å². The highest BCUT2D eigenvalue weighted by atomic mass is 35.5. The van der Waals surface area contributed by atoms with Crippen LogP contribution in [0.5, 0.6) is 5.75 Å². The summed E-state index contributed by atoms with van der Waals surface area (Å²) < 4.78 is 4.16. The van der Waals surface area contributed by atoms with Gasteiger partial charge in [-0.2, -0.15) is 5.26 Å². The lowest BCUT2D eigenvalue weighted by atomic mass is 10.1. The van der Waals surface area contributed by atoms with E-state index in [0.29, 0.717) is 17.9 Å². The second-order valence-electron chi connectivity index (χ2n) is 4.64. The molecule has 1 saturated carbocycles. The van der Waals surface area contributed by atoms with E-state index in [1.54, 1.807) is 31.2 Å². The van der Waals surface area contributed by atoms with Gasteiger partial charge in [0.1, 0.15) is 16.2 Å². The van der Waals surface area contributed by atoms with Gasteiger partial charge in [-0.25, -0.2) is 0 Å². The topological polar surface area (TPSA) is 62.1 Å². The molecule has 1 aliphatic carbocycles. The van der Waals surface area contributed by atoms with E-state index >= 15 is 0 Å². The molecule has 0 radical (unpaired) electrons. The molecular weight excluding hydrogens is 287 g/mol. The van der Waals surface area contributed by atoms with Gasteiger partial charge in [0.25, 0.3) is 0 Å². The largest absolute Gasteiger partial charge is 0.479 e. The minimum atomic E-state index is -0.994. The number of carbonyl (C=O) groups excluding carboxylic acids is 1. The number of nitrogens with one attached hydrogen (secondary N) is 1. The summed E-state index contributed by atoms with van der Waals surface area (Å²) >= 11 is 11.9. The van der Waals surface area contributed by atoms with E-state index in [-0.39, 0.29) is 12.5 Å². The fraction of sp³-hybridized carbons (Fsp3) is 0.385. The van der Waals surface area contributed by atoms with Crippen LogP contribution >= 0.6 is 23.2 Å². The number of hydrogen-bond acceptors (Lipinski definition) is 3. The molecule has 0 bridgehead atoms. The van der Waals surface area contributed by atoms with Crippen LogP contribution in [0.3, 0.4) is 0 Å². The van der Waals surface area contributed by atoms with Gasteiger partial charge in [0.05, 0.1) is 5.41 Å². The van der Waals surface area contributed by atoms with E-state index in [2.05, 4.69) is 5.32 Å². The Morgan fingerprint density at radius 1 is 1.58 bits per heavy atom. The van der Waals surface area contributed by atoms with Gasteiger partial charge >= 0.3 is 0 Å². The van der Waals surface area contributed by atoms with E-state index in [4.69, 9.17) is 33.2 Å². The first-order valence-electron chi connectivity index (χ1n) is 5.68. The van der Waals surface area contributed by atoms with Gasteiger partial charge in [0.2, 0.25) is 5.91 Å². The summed E-state index contributed by atoms with van der Waals surface area (Å²) in [6, 6.07) is 8.69. The van der Waals surface area contributed by atoms with Crippen molar-refractivity contribution in [2.45, 2.75) is 17.7 Å². The maximum absolute atomic E-state index is 12.1. The lowest BCUT2D eigenvalue weighted by Gasteiger charge is -2.13. The van der Waals surface area contributed by atoms with Crippen LogP contribution < -0.4 is 10.1 Å². The normalized spacial score (nSPS) is 23.3. The van der Waals surface area contributed by atoms with E-state index in [1.807, 2.05) is 6.07 Å². The number of carbonyl (C=O) groups is 1. The fourth-order valence-corrected chi connectivity index (χ4v) is 2.40. The molecule has 0 heterocycles. The number of anilines is 1. The molecule has 1 atom stereocenters. The predicted octanol–water partition coefficient (Wildman–Crippen LogP) is 3.11. The summed E-state index contributed by atoms with van der Waals surface area (Å²) in [5, 5.41) is 11.2. The van der Waals surface area contributed by atoms with Gasteiger partial charge in [-0.15, -0.1) is 23.2 Å². The Balaban J connectivity index is 2.04. The number of ether oxygens (including phenoxy) is 1. The zero-order chi connectivity index (χ0) is 14.1. The molecule has 100 valence electrons. The second-order valence-corrected chi connectivity index (χ2v) is 6.13. The zero-order valence-corrected chi connectivity index (χ0v) is 11.8.